The fourth-order valence-corrected chi connectivity index (χ4v) is 5.15. The standard InChI is InChI=1S/C19H22N2OS2/c22-19(8-11-23-17-4-2-1-3-5-17)21-13-16(14-21)20-9-6-18-15(12-20)7-10-24-18/h1-5,7,10,16H,6,8-9,11-14H2. The molecule has 3 nitrogen and oxygen atoms in total. The highest BCUT2D eigenvalue weighted by atomic mass is 32.2. The minimum atomic E-state index is 0.308. The molecule has 126 valence electrons. The van der Waals surface area contributed by atoms with E-state index < -0.39 is 0 Å². The number of likely N-dealkylation sites (tertiary alicyclic amines) is 1. The van der Waals surface area contributed by atoms with Crippen LogP contribution in [0.15, 0.2) is 46.7 Å². The van der Waals surface area contributed by atoms with E-state index in [4.69, 9.17) is 0 Å². The number of amides is 1. The van der Waals surface area contributed by atoms with Crippen LogP contribution in [0.2, 0.25) is 0 Å². The van der Waals surface area contributed by atoms with Gasteiger partial charge in [-0.1, -0.05) is 18.2 Å². The largest absolute Gasteiger partial charge is 0.339 e. The van der Waals surface area contributed by atoms with E-state index in [1.807, 2.05) is 34.4 Å². The molecule has 0 radical (unpaired) electrons. The summed E-state index contributed by atoms with van der Waals surface area (Å²) in [6.45, 7) is 4.03. The lowest BCUT2D eigenvalue weighted by Crippen LogP contribution is -2.61. The molecule has 0 unspecified atom stereocenters. The lowest BCUT2D eigenvalue weighted by atomic mass is 10.0. The van der Waals surface area contributed by atoms with Crippen molar-refractivity contribution >= 4 is 29.0 Å². The van der Waals surface area contributed by atoms with Gasteiger partial charge in [-0.15, -0.1) is 23.1 Å². The number of fused-ring (bicyclic) bond motifs is 1. The van der Waals surface area contributed by atoms with E-state index in [9.17, 15) is 4.79 Å². The Morgan fingerprint density at radius 1 is 1.21 bits per heavy atom. The van der Waals surface area contributed by atoms with Crippen molar-refractivity contribution in [3.05, 3.63) is 52.2 Å². The Morgan fingerprint density at radius 3 is 2.88 bits per heavy atom. The van der Waals surface area contributed by atoms with Gasteiger partial charge in [0.2, 0.25) is 5.91 Å². The maximum Gasteiger partial charge on any atom is 0.223 e. The van der Waals surface area contributed by atoms with E-state index in [-0.39, 0.29) is 0 Å². The molecule has 0 atom stereocenters. The number of nitrogens with zero attached hydrogens (tertiary/aromatic N) is 2. The summed E-state index contributed by atoms with van der Waals surface area (Å²) in [7, 11) is 0. The normalized spacial score (nSPS) is 18.2. The lowest BCUT2D eigenvalue weighted by molar-refractivity contribution is -0.138. The monoisotopic (exact) mass is 358 g/mol. The first-order chi connectivity index (χ1) is 11.8. The summed E-state index contributed by atoms with van der Waals surface area (Å²) in [5.74, 6) is 1.18. The van der Waals surface area contributed by atoms with Crippen molar-refractivity contribution < 1.29 is 4.79 Å². The van der Waals surface area contributed by atoms with Crippen LogP contribution in [0, 0.1) is 0 Å². The smallest absolute Gasteiger partial charge is 0.223 e. The quantitative estimate of drug-likeness (QED) is 0.765. The van der Waals surface area contributed by atoms with E-state index >= 15 is 0 Å². The number of hydrogen-bond acceptors (Lipinski definition) is 4. The van der Waals surface area contributed by atoms with Crippen molar-refractivity contribution in [2.24, 2.45) is 0 Å². The molecule has 1 amide bonds. The van der Waals surface area contributed by atoms with Crippen LogP contribution in [-0.2, 0) is 17.8 Å². The molecule has 0 N–H and O–H groups in total. The summed E-state index contributed by atoms with van der Waals surface area (Å²) >= 11 is 3.65. The molecule has 0 saturated carbocycles. The molecular formula is C19H22N2OS2. The molecule has 24 heavy (non-hydrogen) atoms. The number of thioether (sulfide) groups is 1. The first-order valence-electron chi connectivity index (χ1n) is 8.54. The van der Waals surface area contributed by atoms with Crippen LogP contribution in [0.25, 0.3) is 0 Å². The fraction of sp³-hybridized carbons (Fsp3) is 0.421. The number of hydrogen-bond donors (Lipinski definition) is 0. The van der Waals surface area contributed by atoms with Crippen molar-refractivity contribution in [2.75, 3.05) is 25.4 Å². The zero-order valence-corrected chi connectivity index (χ0v) is 15.3. The van der Waals surface area contributed by atoms with Gasteiger partial charge in [-0.2, -0.15) is 0 Å². The molecule has 1 aromatic heterocycles. The van der Waals surface area contributed by atoms with Gasteiger partial charge in [0, 0.05) is 54.2 Å². The van der Waals surface area contributed by atoms with Crippen molar-refractivity contribution in [3.8, 4) is 0 Å². The Morgan fingerprint density at radius 2 is 2.04 bits per heavy atom. The second-order valence-electron chi connectivity index (χ2n) is 6.45. The topological polar surface area (TPSA) is 23.6 Å². The van der Waals surface area contributed by atoms with Crippen LogP contribution in [0.1, 0.15) is 16.9 Å². The number of thiophene rings is 1. The van der Waals surface area contributed by atoms with Crippen LogP contribution >= 0.6 is 23.1 Å². The number of carbonyl (C=O) groups excluding carboxylic acids is 1. The van der Waals surface area contributed by atoms with E-state index in [0.717, 1.165) is 31.9 Å². The highest BCUT2D eigenvalue weighted by molar-refractivity contribution is 7.99. The predicted octanol–water partition coefficient (Wildman–Crippen LogP) is 3.50. The zero-order valence-electron chi connectivity index (χ0n) is 13.7. The molecule has 2 aromatic rings. The second kappa shape index (κ2) is 7.30. The third-order valence-electron chi connectivity index (χ3n) is 4.90. The van der Waals surface area contributed by atoms with Crippen molar-refractivity contribution in [1.29, 1.82) is 0 Å². The van der Waals surface area contributed by atoms with Crippen LogP contribution in [0.5, 0.6) is 0 Å². The molecule has 0 bridgehead atoms. The summed E-state index contributed by atoms with van der Waals surface area (Å²) in [5.41, 5.74) is 1.50. The Bertz CT molecular complexity index is 694. The first kappa shape index (κ1) is 16.2. The Balaban J connectivity index is 1.19. The van der Waals surface area contributed by atoms with Crippen LogP contribution < -0.4 is 0 Å². The van der Waals surface area contributed by atoms with Crippen LogP contribution in [0.4, 0.5) is 0 Å². The molecule has 0 aliphatic carbocycles. The van der Waals surface area contributed by atoms with Gasteiger partial charge >= 0.3 is 0 Å². The summed E-state index contributed by atoms with van der Waals surface area (Å²) in [5, 5.41) is 2.20. The molecule has 5 heteroatoms. The number of carbonyl (C=O) groups is 1. The fourth-order valence-electron chi connectivity index (χ4n) is 3.40. The van der Waals surface area contributed by atoms with E-state index in [0.29, 0.717) is 18.4 Å². The molecule has 2 aliphatic heterocycles. The van der Waals surface area contributed by atoms with Gasteiger partial charge in [-0.05, 0) is 35.6 Å². The molecule has 2 aliphatic rings. The summed E-state index contributed by atoms with van der Waals surface area (Å²) in [6, 6.07) is 13.1. The minimum absolute atomic E-state index is 0.308. The van der Waals surface area contributed by atoms with E-state index in [2.05, 4.69) is 28.5 Å². The molecule has 3 heterocycles. The molecule has 1 aromatic carbocycles. The summed E-state index contributed by atoms with van der Waals surface area (Å²) in [6.07, 6.45) is 1.81. The Labute approximate surface area is 151 Å². The highest BCUT2D eigenvalue weighted by Crippen LogP contribution is 2.28. The van der Waals surface area contributed by atoms with Gasteiger partial charge in [0.25, 0.3) is 0 Å². The predicted molar refractivity (Wildman–Crippen MR) is 101 cm³/mol. The third kappa shape index (κ3) is 3.53. The summed E-state index contributed by atoms with van der Waals surface area (Å²) in [4.78, 5) is 19.7. The van der Waals surface area contributed by atoms with Gasteiger partial charge in [0.1, 0.15) is 0 Å². The maximum absolute atomic E-state index is 12.3. The summed E-state index contributed by atoms with van der Waals surface area (Å²) < 4.78 is 0. The van der Waals surface area contributed by atoms with Gasteiger partial charge in [0.15, 0.2) is 0 Å². The molecule has 1 saturated heterocycles. The third-order valence-corrected chi connectivity index (χ3v) is 6.93. The van der Waals surface area contributed by atoms with Gasteiger partial charge < -0.3 is 4.90 Å². The number of benzene rings is 1. The highest BCUT2D eigenvalue weighted by Gasteiger charge is 2.35. The molecule has 0 spiro atoms. The SMILES string of the molecule is O=C(CCSc1ccccc1)N1CC(N2CCc3sccc3C2)C1. The maximum atomic E-state index is 12.3. The average molecular weight is 359 g/mol. The Hall–Kier alpha value is -1.30. The van der Waals surface area contributed by atoms with Gasteiger partial charge in [-0.3, -0.25) is 9.69 Å². The molecule has 4 rings (SSSR count). The average Bonchev–Trinajstić information content (AvgIpc) is 3.02. The zero-order chi connectivity index (χ0) is 16.4. The van der Waals surface area contributed by atoms with E-state index in [1.165, 1.54) is 16.9 Å². The minimum Gasteiger partial charge on any atom is -0.339 e. The Kier molecular flexibility index (Phi) is 4.92. The van der Waals surface area contributed by atoms with Gasteiger partial charge in [0.05, 0.1) is 0 Å². The van der Waals surface area contributed by atoms with Gasteiger partial charge in [-0.25, -0.2) is 0 Å². The lowest BCUT2D eigenvalue weighted by Gasteiger charge is -2.46. The molecule has 1 fully saturated rings. The van der Waals surface area contributed by atoms with Crippen LogP contribution in [-0.4, -0.2) is 47.1 Å². The van der Waals surface area contributed by atoms with Crippen LogP contribution in [0.3, 0.4) is 0 Å². The van der Waals surface area contributed by atoms with E-state index in [1.54, 1.807) is 16.6 Å². The van der Waals surface area contributed by atoms with Crippen molar-refractivity contribution in [1.82, 2.24) is 9.80 Å². The second-order valence-corrected chi connectivity index (χ2v) is 8.62. The first-order valence-corrected chi connectivity index (χ1v) is 10.4. The number of rotatable bonds is 5. The van der Waals surface area contributed by atoms with Crippen molar-refractivity contribution in [2.45, 2.75) is 30.3 Å². The van der Waals surface area contributed by atoms with Crippen molar-refractivity contribution in [3.63, 3.8) is 0 Å². The molecular weight excluding hydrogens is 336 g/mol.